The van der Waals surface area contributed by atoms with Gasteiger partial charge in [0.1, 0.15) is 15.6 Å². The highest BCUT2D eigenvalue weighted by molar-refractivity contribution is 7.90. The summed E-state index contributed by atoms with van der Waals surface area (Å²) in [6, 6.07) is 4.23. The van der Waals surface area contributed by atoms with Crippen LogP contribution < -0.4 is 10.1 Å². The lowest BCUT2D eigenvalue weighted by Crippen LogP contribution is -2.12. The molecule has 0 aliphatic rings. The van der Waals surface area contributed by atoms with Crippen molar-refractivity contribution in [1.29, 1.82) is 0 Å². The van der Waals surface area contributed by atoms with Gasteiger partial charge in [-0.3, -0.25) is 0 Å². The van der Waals surface area contributed by atoms with Crippen LogP contribution in [-0.4, -0.2) is 33.6 Å². The number of ether oxygens (including phenoxy) is 1. The molecule has 0 aliphatic carbocycles. The Labute approximate surface area is 122 Å². The summed E-state index contributed by atoms with van der Waals surface area (Å²) in [6.45, 7) is 8.36. The van der Waals surface area contributed by atoms with Crippen LogP contribution in [0.25, 0.3) is 0 Å². The number of aryl methyl sites for hydroxylation is 2. The van der Waals surface area contributed by atoms with Gasteiger partial charge < -0.3 is 10.1 Å². The van der Waals surface area contributed by atoms with Crippen LogP contribution in [0.4, 0.5) is 0 Å². The minimum Gasteiger partial charge on any atom is -0.493 e. The van der Waals surface area contributed by atoms with Gasteiger partial charge in [-0.25, -0.2) is 8.42 Å². The second kappa shape index (κ2) is 7.64. The van der Waals surface area contributed by atoms with Crippen molar-refractivity contribution in [2.45, 2.75) is 33.7 Å². The zero-order chi connectivity index (χ0) is 15.2. The standard InChI is InChI=1S/C15H25NO3S/c1-5-16-11-14-9-12(2)15(13(3)10-14)19-7-6-8-20(4,17)18/h9-10,16H,5-8,11H2,1-4H3. The summed E-state index contributed by atoms with van der Waals surface area (Å²) in [4.78, 5) is 0. The van der Waals surface area contributed by atoms with Crippen molar-refractivity contribution >= 4 is 9.84 Å². The maximum absolute atomic E-state index is 11.1. The first-order chi connectivity index (χ1) is 9.33. The minimum atomic E-state index is -2.90. The molecule has 4 nitrogen and oxygen atoms in total. The molecule has 0 aromatic heterocycles. The Bertz CT molecular complexity index is 515. The molecule has 0 unspecified atom stereocenters. The maximum atomic E-state index is 11.1. The van der Waals surface area contributed by atoms with Crippen molar-refractivity contribution in [2.24, 2.45) is 0 Å². The van der Waals surface area contributed by atoms with Gasteiger partial charge in [-0.05, 0) is 43.5 Å². The van der Waals surface area contributed by atoms with Crippen LogP contribution in [0.15, 0.2) is 12.1 Å². The molecular formula is C15H25NO3S. The van der Waals surface area contributed by atoms with Gasteiger partial charge in [0.25, 0.3) is 0 Å². The van der Waals surface area contributed by atoms with Crippen molar-refractivity contribution < 1.29 is 13.2 Å². The van der Waals surface area contributed by atoms with Gasteiger partial charge in [-0.2, -0.15) is 0 Å². The third kappa shape index (κ3) is 5.92. The predicted octanol–water partition coefficient (Wildman–Crippen LogP) is 2.23. The number of sulfone groups is 1. The van der Waals surface area contributed by atoms with Gasteiger partial charge in [-0.1, -0.05) is 19.1 Å². The Balaban J connectivity index is 2.62. The monoisotopic (exact) mass is 299 g/mol. The topological polar surface area (TPSA) is 55.4 Å². The fraction of sp³-hybridized carbons (Fsp3) is 0.600. The lowest BCUT2D eigenvalue weighted by atomic mass is 10.1. The Hall–Kier alpha value is -1.07. The smallest absolute Gasteiger partial charge is 0.147 e. The molecule has 1 N–H and O–H groups in total. The van der Waals surface area contributed by atoms with Gasteiger partial charge in [0.15, 0.2) is 0 Å². The van der Waals surface area contributed by atoms with Crippen molar-refractivity contribution in [3.63, 3.8) is 0 Å². The van der Waals surface area contributed by atoms with E-state index in [0.717, 1.165) is 30.0 Å². The third-order valence-electron chi connectivity index (χ3n) is 3.01. The second-order valence-electron chi connectivity index (χ2n) is 5.17. The highest BCUT2D eigenvalue weighted by Crippen LogP contribution is 2.25. The van der Waals surface area contributed by atoms with E-state index < -0.39 is 9.84 Å². The van der Waals surface area contributed by atoms with E-state index in [-0.39, 0.29) is 5.75 Å². The van der Waals surface area contributed by atoms with Crippen molar-refractivity contribution in [3.05, 3.63) is 28.8 Å². The third-order valence-corrected chi connectivity index (χ3v) is 4.04. The summed E-state index contributed by atoms with van der Waals surface area (Å²) in [5.74, 6) is 1.04. The zero-order valence-electron chi connectivity index (χ0n) is 12.8. The highest BCUT2D eigenvalue weighted by Gasteiger charge is 2.07. The molecule has 0 aliphatic heterocycles. The van der Waals surface area contributed by atoms with Crippen molar-refractivity contribution in [3.8, 4) is 5.75 Å². The molecule has 114 valence electrons. The molecule has 0 amide bonds. The number of rotatable bonds is 8. The molecule has 1 rings (SSSR count). The van der Waals surface area contributed by atoms with E-state index in [1.54, 1.807) is 0 Å². The number of hydrogen-bond acceptors (Lipinski definition) is 4. The van der Waals surface area contributed by atoms with Crippen LogP contribution in [0.1, 0.15) is 30.0 Å². The van der Waals surface area contributed by atoms with Gasteiger partial charge in [0.05, 0.1) is 12.4 Å². The quantitative estimate of drug-likeness (QED) is 0.748. The van der Waals surface area contributed by atoms with Crippen LogP contribution in [0.2, 0.25) is 0 Å². The van der Waals surface area contributed by atoms with Crippen LogP contribution in [0, 0.1) is 13.8 Å². The molecule has 20 heavy (non-hydrogen) atoms. The predicted molar refractivity (Wildman–Crippen MR) is 83.1 cm³/mol. The molecule has 0 bridgehead atoms. The molecular weight excluding hydrogens is 274 g/mol. The second-order valence-corrected chi connectivity index (χ2v) is 7.43. The largest absolute Gasteiger partial charge is 0.493 e. The summed E-state index contributed by atoms with van der Waals surface area (Å²) in [7, 11) is -2.90. The molecule has 0 saturated heterocycles. The van der Waals surface area contributed by atoms with Crippen LogP contribution >= 0.6 is 0 Å². The number of hydrogen-bond donors (Lipinski definition) is 1. The highest BCUT2D eigenvalue weighted by atomic mass is 32.2. The summed E-state index contributed by atoms with van der Waals surface area (Å²) in [5, 5.41) is 3.30. The van der Waals surface area contributed by atoms with E-state index in [4.69, 9.17) is 4.74 Å². The summed E-state index contributed by atoms with van der Waals surface area (Å²) in [5.41, 5.74) is 3.43. The molecule has 1 aromatic carbocycles. The Kier molecular flexibility index (Phi) is 6.49. The maximum Gasteiger partial charge on any atom is 0.147 e. The van der Waals surface area contributed by atoms with E-state index in [2.05, 4.69) is 24.4 Å². The van der Waals surface area contributed by atoms with E-state index in [1.165, 1.54) is 11.8 Å². The fourth-order valence-electron chi connectivity index (χ4n) is 2.13. The molecule has 0 atom stereocenters. The van der Waals surface area contributed by atoms with Crippen LogP contribution in [0.3, 0.4) is 0 Å². The molecule has 0 radical (unpaired) electrons. The summed E-state index contributed by atoms with van der Waals surface area (Å²) >= 11 is 0. The number of nitrogens with one attached hydrogen (secondary N) is 1. The first-order valence-corrected chi connectivity index (χ1v) is 9.01. The van der Waals surface area contributed by atoms with E-state index in [9.17, 15) is 8.42 Å². The van der Waals surface area contributed by atoms with Crippen LogP contribution in [-0.2, 0) is 16.4 Å². The summed E-state index contributed by atoms with van der Waals surface area (Å²) < 4.78 is 27.9. The molecule has 1 aromatic rings. The summed E-state index contributed by atoms with van der Waals surface area (Å²) in [6.07, 6.45) is 1.77. The SMILES string of the molecule is CCNCc1cc(C)c(OCCCS(C)(=O)=O)c(C)c1. The van der Waals surface area contributed by atoms with E-state index in [0.29, 0.717) is 13.0 Å². The average molecular weight is 299 g/mol. The number of benzene rings is 1. The van der Waals surface area contributed by atoms with Gasteiger partial charge in [0.2, 0.25) is 0 Å². The molecule has 0 heterocycles. The minimum absolute atomic E-state index is 0.170. The zero-order valence-corrected chi connectivity index (χ0v) is 13.6. The lowest BCUT2D eigenvalue weighted by Gasteiger charge is -2.14. The lowest BCUT2D eigenvalue weighted by molar-refractivity contribution is 0.313. The molecule has 0 saturated carbocycles. The first kappa shape index (κ1) is 17.0. The van der Waals surface area contributed by atoms with Gasteiger partial charge >= 0.3 is 0 Å². The average Bonchev–Trinajstić information content (AvgIpc) is 2.33. The van der Waals surface area contributed by atoms with Gasteiger partial charge in [0, 0.05) is 12.8 Å². The Morgan fingerprint density at radius 1 is 1.20 bits per heavy atom. The Morgan fingerprint density at radius 2 is 1.80 bits per heavy atom. The van der Waals surface area contributed by atoms with Crippen LogP contribution in [0.5, 0.6) is 5.75 Å². The normalized spacial score (nSPS) is 11.6. The first-order valence-electron chi connectivity index (χ1n) is 6.95. The molecule has 0 fully saturated rings. The molecule has 5 heteroatoms. The van der Waals surface area contributed by atoms with Crippen molar-refractivity contribution in [1.82, 2.24) is 5.32 Å². The van der Waals surface area contributed by atoms with E-state index in [1.807, 2.05) is 13.8 Å². The van der Waals surface area contributed by atoms with Gasteiger partial charge in [-0.15, -0.1) is 0 Å². The van der Waals surface area contributed by atoms with Crippen molar-refractivity contribution in [2.75, 3.05) is 25.2 Å². The fourth-order valence-corrected chi connectivity index (χ4v) is 2.78. The Morgan fingerprint density at radius 3 is 2.30 bits per heavy atom. The molecule has 0 spiro atoms. The van der Waals surface area contributed by atoms with E-state index >= 15 is 0 Å².